The summed E-state index contributed by atoms with van der Waals surface area (Å²) in [5, 5.41) is 0.740. The van der Waals surface area contributed by atoms with Gasteiger partial charge in [-0.3, -0.25) is 4.79 Å². The average molecular weight is 373 g/mol. The van der Waals surface area contributed by atoms with Crippen LogP contribution < -0.4 is 9.64 Å². The van der Waals surface area contributed by atoms with E-state index in [1.54, 1.807) is 0 Å². The summed E-state index contributed by atoms with van der Waals surface area (Å²) in [5.74, 6) is 0.771. The Morgan fingerprint density at radius 2 is 1.81 bits per heavy atom. The fourth-order valence-electron chi connectivity index (χ4n) is 3.29. The van der Waals surface area contributed by atoms with Crippen molar-refractivity contribution >= 4 is 23.2 Å². The zero-order valence-electron chi connectivity index (χ0n) is 15.5. The molecule has 1 aliphatic rings. The summed E-state index contributed by atoms with van der Waals surface area (Å²) >= 11 is 6.14. The Labute approximate surface area is 160 Å². The molecule has 0 saturated carbocycles. The van der Waals surface area contributed by atoms with E-state index in [4.69, 9.17) is 16.3 Å². The van der Waals surface area contributed by atoms with Gasteiger partial charge in [0.1, 0.15) is 5.75 Å². The van der Waals surface area contributed by atoms with Crippen molar-refractivity contribution < 1.29 is 9.53 Å². The lowest BCUT2D eigenvalue weighted by Crippen LogP contribution is -2.52. The summed E-state index contributed by atoms with van der Waals surface area (Å²) in [4.78, 5) is 16.9. The highest BCUT2D eigenvalue weighted by Crippen LogP contribution is 2.25. The minimum Gasteiger partial charge on any atom is -0.481 e. The molecular formula is C21H25ClN2O2. The van der Waals surface area contributed by atoms with Gasteiger partial charge in [-0.15, -0.1) is 0 Å². The van der Waals surface area contributed by atoms with E-state index in [9.17, 15) is 4.79 Å². The molecule has 5 heteroatoms. The number of aryl methyl sites for hydroxylation is 2. The summed E-state index contributed by atoms with van der Waals surface area (Å²) < 4.78 is 5.83. The third-order valence-corrected chi connectivity index (χ3v) is 4.99. The van der Waals surface area contributed by atoms with Gasteiger partial charge in [-0.2, -0.15) is 0 Å². The second-order valence-electron chi connectivity index (χ2n) is 6.82. The van der Waals surface area contributed by atoms with Crippen LogP contribution in [-0.2, 0) is 4.79 Å². The normalized spacial score (nSPS) is 15.7. The van der Waals surface area contributed by atoms with Gasteiger partial charge in [0.25, 0.3) is 5.91 Å². The third kappa shape index (κ3) is 4.31. The number of carbonyl (C=O) groups is 1. The van der Waals surface area contributed by atoms with Crippen molar-refractivity contribution in [3.63, 3.8) is 0 Å². The molecule has 0 aliphatic carbocycles. The smallest absolute Gasteiger partial charge is 0.263 e. The first-order valence-corrected chi connectivity index (χ1v) is 9.35. The highest BCUT2D eigenvalue weighted by Gasteiger charge is 2.26. The SMILES string of the molecule is Cc1cccc(OC(C)C(=O)N2CCN(c3cc(Cl)ccc3C)CC2)c1. The average Bonchev–Trinajstić information content (AvgIpc) is 2.63. The molecule has 0 bridgehead atoms. The predicted molar refractivity (Wildman–Crippen MR) is 106 cm³/mol. The lowest BCUT2D eigenvalue weighted by Gasteiger charge is -2.37. The van der Waals surface area contributed by atoms with Crippen molar-refractivity contribution in [1.82, 2.24) is 4.90 Å². The topological polar surface area (TPSA) is 32.8 Å². The number of hydrogen-bond acceptors (Lipinski definition) is 3. The lowest BCUT2D eigenvalue weighted by molar-refractivity contribution is -0.138. The Kier molecular flexibility index (Phi) is 5.72. The van der Waals surface area contributed by atoms with E-state index in [0.29, 0.717) is 13.1 Å². The number of benzene rings is 2. The first-order chi connectivity index (χ1) is 12.4. The predicted octanol–water partition coefficient (Wildman–Crippen LogP) is 4.07. The number of nitrogens with zero attached hydrogens (tertiary/aromatic N) is 2. The molecule has 1 atom stereocenters. The number of rotatable bonds is 4. The van der Waals surface area contributed by atoms with Gasteiger partial charge in [-0.05, 0) is 56.2 Å². The molecular weight excluding hydrogens is 348 g/mol. The Morgan fingerprint density at radius 1 is 1.08 bits per heavy atom. The van der Waals surface area contributed by atoms with E-state index in [0.717, 1.165) is 35.1 Å². The number of amides is 1. The molecule has 3 rings (SSSR count). The molecule has 1 heterocycles. The molecule has 0 radical (unpaired) electrons. The molecule has 138 valence electrons. The number of anilines is 1. The van der Waals surface area contributed by atoms with Crippen LogP contribution in [0.25, 0.3) is 0 Å². The van der Waals surface area contributed by atoms with E-state index in [1.807, 2.05) is 61.2 Å². The maximum atomic E-state index is 12.7. The Balaban J connectivity index is 1.58. The van der Waals surface area contributed by atoms with Gasteiger partial charge in [0.15, 0.2) is 6.10 Å². The minimum absolute atomic E-state index is 0.0361. The fourth-order valence-corrected chi connectivity index (χ4v) is 3.46. The summed E-state index contributed by atoms with van der Waals surface area (Å²) in [6.45, 7) is 8.88. The van der Waals surface area contributed by atoms with Crippen LogP contribution in [0.3, 0.4) is 0 Å². The zero-order chi connectivity index (χ0) is 18.7. The van der Waals surface area contributed by atoms with Crippen LogP contribution in [0.15, 0.2) is 42.5 Å². The summed E-state index contributed by atoms with van der Waals surface area (Å²) in [6, 6.07) is 13.7. The van der Waals surface area contributed by atoms with Crippen molar-refractivity contribution in [2.45, 2.75) is 26.9 Å². The van der Waals surface area contributed by atoms with Gasteiger partial charge >= 0.3 is 0 Å². The standard InChI is InChI=1S/C21H25ClN2O2/c1-15-5-4-6-19(13-15)26-17(3)21(25)24-11-9-23(10-12-24)20-14-18(22)8-7-16(20)2/h4-8,13-14,17H,9-12H2,1-3H3. The van der Waals surface area contributed by atoms with E-state index in [2.05, 4.69) is 11.8 Å². The summed E-state index contributed by atoms with van der Waals surface area (Å²) in [7, 11) is 0. The van der Waals surface area contributed by atoms with Gasteiger partial charge < -0.3 is 14.5 Å². The van der Waals surface area contributed by atoms with Crippen LogP contribution in [0.5, 0.6) is 5.75 Å². The van der Waals surface area contributed by atoms with Crippen molar-refractivity contribution in [1.29, 1.82) is 0 Å². The highest BCUT2D eigenvalue weighted by molar-refractivity contribution is 6.30. The largest absolute Gasteiger partial charge is 0.481 e. The molecule has 0 aromatic heterocycles. The molecule has 0 N–H and O–H groups in total. The zero-order valence-corrected chi connectivity index (χ0v) is 16.3. The second kappa shape index (κ2) is 8.00. The molecule has 4 nitrogen and oxygen atoms in total. The van der Waals surface area contributed by atoms with Crippen LogP contribution in [0, 0.1) is 13.8 Å². The number of carbonyl (C=O) groups excluding carboxylic acids is 1. The summed E-state index contributed by atoms with van der Waals surface area (Å²) in [6.07, 6.45) is -0.490. The number of ether oxygens (including phenoxy) is 1. The minimum atomic E-state index is -0.490. The molecule has 1 unspecified atom stereocenters. The highest BCUT2D eigenvalue weighted by atomic mass is 35.5. The van der Waals surface area contributed by atoms with Gasteiger partial charge in [-0.1, -0.05) is 29.8 Å². The quantitative estimate of drug-likeness (QED) is 0.810. The van der Waals surface area contributed by atoms with Gasteiger partial charge in [-0.25, -0.2) is 0 Å². The molecule has 26 heavy (non-hydrogen) atoms. The van der Waals surface area contributed by atoms with E-state index < -0.39 is 6.10 Å². The maximum Gasteiger partial charge on any atom is 0.263 e. The van der Waals surface area contributed by atoms with Crippen molar-refractivity contribution in [3.8, 4) is 5.75 Å². The van der Waals surface area contributed by atoms with Gasteiger partial charge in [0, 0.05) is 36.9 Å². The van der Waals surface area contributed by atoms with Crippen molar-refractivity contribution in [3.05, 3.63) is 58.6 Å². The lowest BCUT2D eigenvalue weighted by atomic mass is 10.1. The molecule has 2 aromatic carbocycles. The van der Waals surface area contributed by atoms with Crippen LogP contribution in [0.1, 0.15) is 18.1 Å². The van der Waals surface area contributed by atoms with Crippen molar-refractivity contribution in [2.75, 3.05) is 31.1 Å². The van der Waals surface area contributed by atoms with Crippen LogP contribution in [0.2, 0.25) is 5.02 Å². The van der Waals surface area contributed by atoms with Crippen LogP contribution in [-0.4, -0.2) is 43.1 Å². The number of hydrogen-bond donors (Lipinski definition) is 0. The molecule has 1 fully saturated rings. The number of piperazine rings is 1. The fraction of sp³-hybridized carbons (Fsp3) is 0.381. The molecule has 2 aromatic rings. The molecule has 1 saturated heterocycles. The molecule has 1 aliphatic heterocycles. The first-order valence-electron chi connectivity index (χ1n) is 8.97. The van der Waals surface area contributed by atoms with Gasteiger partial charge in [0.05, 0.1) is 0 Å². The number of halogens is 1. The van der Waals surface area contributed by atoms with E-state index in [1.165, 1.54) is 5.56 Å². The Hall–Kier alpha value is -2.20. The van der Waals surface area contributed by atoms with Crippen LogP contribution >= 0.6 is 11.6 Å². The Morgan fingerprint density at radius 3 is 2.50 bits per heavy atom. The molecule has 0 spiro atoms. The van der Waals surface area contributed by atoms with Crippen molar-refractivity contribution in [2.24, 2.45) is 0 Å². The summed E-state index contributed by atoms with van der Waals surface area (Å²) in [5.41, 5.74) is 3.46. The molecule has 1 amide bonds. The van der Waals surface area contributed by atoms with Gasteiger partial charge in [0.2, 0.25) is 0 Å². The van der Waals surface area contributed by atoms with Crippen LogP contribution in [0.4, 0.5) is 5.69 Å². The first kappa shape index (κ1) is 18.6. The second-order valence-corrected chi connectivity index (χ2v) is 7.26. The van der Waals surface area contributed by atoms with E-state index in [-0.39, 0.29) is 5.91 Å². The maximum absolute atomic E-state index is 12.7. The monoisotopic (exact) mass is 372 g/mol. The Bertz CT molecular complexity index is 785. The third-order valence-electron chi connectivity index (χ3n) is 4.75. The van der Waals surface area contributed by atoms with E-state index >= 15 is 0 Å².